The summed E-state index contributed by atoms with van der Waals surface area (Å²) in [5.41, 5.74) is 11.3. The van der Waals surface area contributed by atoms with E-state index in [9.17, 15) is 0 Å². The molecule has 0 saturated carbocycles. The fourth-order valence-electron chi connectivity index (χ4n) is 7.55. The van der Waals surface area contributed by atoms with E-state index >= 15 is 0 Å². The molecule has 0 spiro atoms. The Balaban J connectivity index is 0.000000983. The molecule has 0 fully saturated rings. The van der Waals surface area contributed by atoms with Gasteiger partial charge >= 0.3 is 0 Å². The summed E-state index contributed by atoms with van der Waals surface area (Å²) >= 11 is 0. The Morgan fingerprint density at radius 1 is 0.275 bits per heavy atom. The molecule has 0 N–H and O–H groups in total. The first-order valence-electron chi connectivity index (χ1n) is 18.4. The zero-order valence-corrected chi connectivity index (χ0v) is 30.2. The van der Waals surface area contributed by atoms with Crippen molar-refractivity contribution < 1.29 is 0 Å². The van der Waals surface area contributed by atoms with Gasteiger partial charge < -0.3 is 0 Å². The van der Waals surface area contributed by atoms with Gasteiger partial charge in [0, 0.05) is 0 Å². The molecule has 0 aromatic heterocycles. The normalized spacial score (nSPS) is 10.8. The molecule has 0 bridgehead atoms. The van der Waals surface area contributed by atoms with E-state index in [1.165, 1.54) is 93.2 Å². The summed E-state index contributed by atoms with van der Waals surface area (Å²) < 4.78 is 0. The van der Waals surface area contributed by atoms with Crippen LogP contribution in [0.2, 0.25) is 0 Å². The maximum atomic E-state index is 2.38. The molecule has 248 valence electrons. The van der Waals surface area contributed by atoms with Crippen molar-refractivity contribution in [2.75, 3.05) is 0 Å². The van der Waals surface area contributed by atoms with Crippen LogP contribution in [0.5, 0.6) is 0 Å². The Kier molecular flexibility index (Phi) is 9.77. The third-order valence-corrected chi connectivity index (χ3v) is 9.68. The van der Waals surface area contributed by atoms with E-state index < -0.39 is 0 Å². The van der Waals surface area contributed by atoms with Crippen molar-refractivity contribution in [1.29, 1.82) is 0 Å². The molecule has 0 aliphatic heterocycles. The minimum absolute atomic E-state index is 1.23. The average molecular weight is 657 g/mol. The summed E-state index contributed by atoms with van der Waals surface area (Å²) in [7, 11) is 0. The maximum Gasteiger partial charge on any atom is -0.00261 e. The highest BCUT2D eigenvalue weighted by Crippen LogP contribution is 2.45. The lowest BCUT2D eigenvalue weighted by Crippen LogP contribution is -1.92. The van der Waals surface area contributed by atoms with Gasteiger partial charge in [-0.3, -0.25) is 0 Å². The third-order valence-electron chi connectivity index (χ3n) is 9.68. The van der Waals surface area contributed by atoms with Gasteiger partial charge in [-0.1, -0.05) is 197 Å². The minimum Gasteiger partial charge on any atom is -0.0683 e. The Hall–Kier alpha value is -5.98. The summed E-state index contributed by atoms with van der Waals surface area (Å²) in [5.74, 6) is 0. The highest BCUT2D eigenvalue weighted by Gasteiger charge is 2.18. The van der Waals surface area contributed by atoms with Crippen molar-refractivity contribution in [3.8, 4) is 44.5 Å². The fraction of sp³-hybridized carbons (Fsp3) is 0.0980. The van der Waals surface area contributed by atoms with Crippen LogP contribution in [0.1, 0.15) is 33.3 Å². The van der Waals surface area contributed by atoms with Gasteiger partial charge in [-0.15, -0.1) is 0 Å². The summed E-state index contributed by atoms with van der Waals surface area (Å²) in [6.45, 7) is 10.2. The van der Waals surface area contributed by atoms with Crippen molar-refractivity contribution in [3.05, 3.63) is 181 Å². The molecule has 0 aliphatic carbocycles. The number of hydrogen-bond acceptors (Lipinski definition) is 0. The predicted octanol–water partition coefficient (Wildman–Crippen LogP) is 15.3. The van der Waals surface area contributed by atoms with Crippen LogP contribution >= 0.6 is 0 Å². The van der Waals surface area contributed by atoms with Crippen molar-refractivity contribution >= 4 is 43.1 Å². The van der Waals surface area contributed by atoms with Gasteiger partial charge in [0.2, 0.25) is 0 Å². The van der Waals surface area contributed by atoms with Crippen LogP contribution in [0.4, 0.5) is 0 Å². The molecular weight excluding hydrogens is 613 g/mol. The predicted molar refractivity (Wildman–Crippen MR) is 226 cm³/mol. The fourth-order valence-corrected chi connectivity index (χ4v) is 7.55. The number of hydrogen-bond donors (Lipinski definition) is 0. The van der Waals surface area contributed by atoms with Crippen LogP contribution in [-0.4, -0.2) is 0 Å². The lowest BCUT2D eigenvalue weighted by Gasteiger charge is -2.19. The molecule has 0 atom stereocenters. The van der Waals surface area contributed by atoms with Crippen molar-refractivity contribution in [2.24, 2.45) is 0 Å². The van der Waals surface area contributed by atoms with Crippen LogP contribution in [0.3, 0.4) is 0 Å². The van der Waals surface area contributed by atoms with Crippen LogP contribution < -0.4 is 0 Å². The molecule has 9 aromatic carbocycles. The Bertz CT molecular complexity index is 2630. The van der Waals surface area contributed by atoms with Crippen LogP contribution in [0.25, 0.3) is 87.6 Å². The van der Waals surface area contributed by atoms with Gasteiger partial charge in [0.1, 0.15) is 0 Å². The molecule has 0 saturated heterocycles. The average Bonchev–Trinajstić information content (AvgIpc) is 3.21. The highest BCUT2D eigenvalue weighted by atomic mass is 14.2. The van der Waals surface area contributed by atoms with E-state index in [2.05, 4.69) is 183 Å². The van der Waals surface area contributed by atoms with Gasteiger partial charge in [0.05, 0.1) is 0 Å². The lowest BCUT2D eigenvalue weighted by molar-refractivity contribution is 1.50. The highest BCUT2D eigenvalue weighted by molar-refractivity contribution is 6.22. The minimum atomic E-state index is 1.23. The third kappa shape index (κ3) is 6.19. The van der Waals surface area contributed by atoms with Gasteiger partial charge in [-0.2, -0.15) is 0 Å². The molecule has 0 radical (unpaired) electrons. The molecular formula is C51H44. The molecule has 0 heterocycles. The van der Waals surface area contributed by atoms with Crippen molar-refractivity contribution in [1.82, 2.24) is 0 Å². The molecule has 0 aliphatic rings. The topological polar surface area (TPSA) is 0 Å². The molecule has 0 unspecified atom stereocenters. The van der Waals surface area contributed by atoms with Gasteiger partial charge in [0.15, 0.2) is 0 Å². The first kappa shape index (κ1) is 33.5. The number of rotatable bonds is 4. The smallest absolute Gasteiger partial charge is 0.00261 e. The van der Waals surface area contributed by atoms with Crippen molar-refractivity contribution in [2.45, 2.75) is 34.6 Å². The van der Waals surface area contributed by atoms with Gasteiger partial charge in [-0.05, 0) is 107 Å². The van der Waals surface area contributed by atoms with E-state index in [0.717, 1.165) is 0 Å². The first-order valence-corrected chi connectivity index (χ1v) is 18.4. The standard InChI is InChI=1S/C47H32.2C2H6/c1-31-26-27-44-45(28-31)47(37-19-9-17-35(30-37)41-25-11-15-33-13-3-5-21-39(33)41)43-23-7-6-22-42(43)46(44)36-18-8-16-34(29-36)40-24-10-14-32-12-2-4-20-38(32)40;2*1-2/h2-30H,1H3;2*1-2H3. The monoisotopic (exact) mass is 656 g/mol. The summed E-state index contributed by atoms with van der Waals surface area (Å²) in [6.07, 6.45) is 0. The van der Waals surface area contributed by atoms with Crippen LogP contribution in [0.15, 0.2) is 176 Å². The molecule has 51 heavy (non-hydrogen) atoms. The van der Waals surface area contributed by atoms with E-state index in [1.807, 2.05) is 27.7 Å². The van der Waals surface area contributed by atoms with Crippen LogP contribution in [0, 0.1) is 6.92 Å². The molecule has 0 heteroatoms. The largest absolute Gasteiger partial charge is 0.0683 e. The summed E-state index contributed by atoms with van der Waals surface area (Å²) in [4.78, 5) is 0. The van der Waals surface area contributed by atoms with E-state index in [1.54, 1.807) is 0 Å². The van der Waals surface area contributed by atoms with Crippen molar-refractivity contribution in [3.63, 3.8) is 0 Å². The SMILES string of the molecule is CC.CC.Cc1ccc2c(-c3cccc(-c4cccc5ccccc45)c3)c3ccccc3c(-c3cccc(-c4cccc5ccccc45)c3)c2c1. The second kappa shape index (κ2) is 14.9. The quantitative estimate of drug-likeness (QED) is 0.165. The number of benzene rings is 9. The Labute approximate surface area is 302 Å². The van der Waals surface area contributed by atoms with E-state index in [0.29, 0.717) is 0 Å². The van der Waals surface area contributed by atoms with Crippen LogP contribution in [-0.2, 0) is 0 Å². The zero-order chi connectivity index (χ0) is 35.3. The lowest BCUT2D eigenvalue weighted by atomic mass is 9.84. The maximum absolute atomic E-state index is 2.38. The number of fused-ring (bicyclic) bond motifs is 4. The summed E-state index contributed by atoms with van der Waals surface area (Å²) in [6, 6.07) is 64.7. The van der Waals surface area contributed by atoms with Gasteiger partial charge in [-0.25, -0.2) is 0 Å². The second-order valence-corrected chi connectivity index (χ2v) is 12.6. The second-order valence-electron chi connectivity index (χ2n) is 12.6. The van der Waals surface area contributed by atoms with E-state index in [-0.39, 0.29) is 0 Å². The number of aryl methyl sites for hydroxylation is 1. The zero-order valence-electron chi connectivity index (χ0n) is 30.2. The Morgan fingerprint density at radius 2 is 0.647 bits per heavy atom. The summed E-state index contributed by atoms with van der Waals surface area (Å²) in [5, 5.41) is 10.2. The first-order chi connectivity index (χ1) is 25.2. The molecule has 9 rings (SSSR count). The Morgan fingerprint density at radius 3 is 1.16 bits per heavy atom. The molecule has 0 amide bonds. The molecule has 0 nitrogen and oxygen atoms in total. The van der Waals surface area contributed by atoms with E-state index in [4.69, 9.17) is 0 Å². The molecule has 9 aromatic rings. The van der Waals surface area contributed by atoms with Gasteiger partial charge in [0.25, 0.3) is 0 Å².